The van der Waals surface area contributed by atoms with Crippen LogP contribution in [0.25, 0.3) is 0 Å². The molecule has 0 spiro atoms. The molecule has 0 radical (unpaired) electrons. The van der Waals surface area contributed by atoms with Crippen molar-refractivity contribution in [2.75, 3.05) is 6.54 Å². The van der Waals surface area contributed by atoms with Crippen molar-refractivity contribution >= 4 is 0 Å². The van der Waals surface area contributed by atoms with E-state index < -0.39 is 0 Å². The van der Waals surface area contributed by atoms with Crippen LogP contribution in [0.5, 0.6) is 0 Å². The van der Waals surface area contributed by atoms with Crippen molar-refractivity contribution in [2.45, 2.75) is 39.3 Å². The third kappa shape index (κ3) is 2.85. The van der Waals surface area contributed by atoms with Gasteiger partial charge in [-0.1, -0.05) is 19.9 Å². The lowest BCUT2D eigenvalue weighted by molar-refractivity contribution is 0.239. The lowest BCUT2D eigenvalue weighted by atomic mass is 10.1. The summed E-state index contributed by atoms with van der Waals surface area (Å²) >= 11 is 0. The normalized spacial score (nSPS) is 15.3. The van der Waals surface area contributed by atoms with Gasteiger partial charge in [0.15, 0.2) is 0 Å². The Hall–Kier alpha value is -1.81. The van der Waals surface area contributed by atoms with E-state index in [1.165, 1.54) is 11.3 Å². The highest BCUT2D eigenvalue weighted by Crippen LogP contribution is 2.20. The van der Waals surface area contributed by atoms with Gasteiger partial charge >= 0.3 is 0 Å². The zero-order valence-electron chi connectivity index (χ0n) is 12.1. The number of pyridine rings is 1. The first-order valence-corrected chi connectivity index (χ1v) is 7.19. The maximum Gasteiger partial charge on any atom is 0.131 e. The van der Waals surface area contributed by atoms with Crippen molar-refractivity contribution < 1.29 is 0 Å². The van der Waals surface area contributed by atoms with Gasteiger partial charge in [-0.05, 0) is 12.1 Å². The van der Waals surface area contributed by atoms with Crippen LogP contribution in [0, 0.1) is 0 Å². The van der Waals surface area contributed by atoms with Crippen LogP contribution in [0.4, 0.5) is 0 Å². The fraction of sp³-hybridized carbons (Fsp3) is 0.438. The number of aromatic nitrogens is 3. The number of fused-ring (bicyclic) bond motifs is 1. The average Bonchev–Trinajstić information content (AvgIpc) is 2.47. The summed E-state index contributed by atoms with van der Waals surface area (Å²) in [5, 5.41) is 0. The second kappa shape index (κ2) is 5.67. The molecule has 1 aliphatic rings. The van der Waals surface area contributed by atoms with Crippen LogP contribution in [-0.4, -0.2) is 26.4 Å². The van der Waals surface area contributed by atoms with E-state index in [2.05, 4.69) is 34.8 Å². The molecule has 0 saturated carbocycles. The van der Waals surface area contributed by atoms with Crippen molar-refractivity contribution in [3.63, 3.8) is 0 Å². The number of hydrogen-bond donors (Lipinski definition) is 0. The fourth-order valence-electron chi connectivity index (χ4n) is 2.52. The SMILES string of the molecule is CC(C)c1ncc2c(n1)CCN(Cc1ccccn1)C2. The van der Waals surface area contributed by atoms with E-state index in [1.54, 1.807) is 0 Å². The molecule has 0 unspecified atom stereocenters. The first-order valence-electron chi connectivity index (χ1n) is 7.19. The van der Waals surface area contributed by atoms with E-state index in [1.807, 2.05) is 24.5 Å². The van der Waals surface area contributed by atoms with E-state index >= 15 is 0 Å². The molecular formula is C16H20N4. The lowest BCUT2D eigenvalue weighted by Gasteiger charge is -2.27. The van der Waals surface area contributed by atoms with Gasteiger partial charge < -0.3 is 0 Å². The highest BCUT2D eigenvalue weighted by atomic mass is 15.1. The van der Waals surface area contributed by atoms with Crippen LogP contribution in [0.2, 0.25) is 0 Å². The molecule has 0 atom stereocenters. The van der Waals surface area contributed by atoms with Gasteiger partial charge in [-0.25, -0.2) is 9.97 Å². The van der Waals surface area contributed by atoms with Gasteiger partial charge in [0.05, 0.1) is 5.69 Å². The van der Waals surface area contributed by atoms with Gasteiger partial charge in [0.2, 0.25) is 0 Å². The fourth-order valence-corrected chi connectivity index (χ4v) is 2.52. The molecule has 0 amide bonds. The Kier molecular flexibility index (Phi) is 3.74. The van der Waals surface area contributed by atoms with Crippen LogP contribution in [0.15, 0.2) is 30.6 Å². The first-order chi connectivity index (χ1) is 9.72. The molecule has 4 heteroatoms. The summed E-state index contributed by atoms with van der Waals surface area (Å²) < 4.78 is 0. The predicted octanol–water partition coefficient (Wildman–Crippen LogP) is 2.55. The van der Waals surface area contributed by atoms with Crippen molar-refractivity contribution in [1.29, 1.82) is 0 Å². The molecule has 0 aliphatic carbocycles. The predicted molar refractivity (Wildman–Crippen MR) is 78.2 cm³/mol. The van der Waals surface area contributed by atoms with Crippen LogP contribution in [0.3, 0.4) is 0 Å². The second-order valence-corrected chi connectivity index (χ2v) is 5.64. The Morgan fingerprint density at radius 1 is 1.25 bits per heavy atom. The lowest BCUT2D eigenvalue weighted by Crippen LogP contribution is -2.31. The summed E-state index contributed by atoms with van der Waals surface area (Å²) in [7, 11) is 0. The van der Waals surface area contributed by atoms with Gasteiger partial charge in [-0.2, -0.15) is 0 Å². The Bertz CT molecular complexity index is 580. The summed E-state index contributed by atoms with van der Waals surface area (Å²) in [4.78, 5) is 16.0. The molecular weight excluding hydrogens is 248 g/mol. The molecule has 0 aromatic carbocycles. The van der Waals surface area contributed by atoms with E-state index in [0.29, 0.717) is 5.92 Å². The van der Waals surface area contributed by atoms with Crippen LogP contribution in [0.1, 0.15) is 42.5 Å². The van der Waals surface area contributed by atoms with Gasteiger partial charge in [0.1, 0.15) is 5.82 Å². The Morgan fingerprint density at radius 3 is 2.90 bits per heavy atom. The van der Waals surface area contributed by atoms with Crippen molar-refractivity contribution in [3.05, 3.63) is 53.4 Å². The minimum Gasteiger partial charge on any atom is -0.293 e. The summed E-state index contributed by atoms with van der Waals surface area (Å²) in [6.45, 7) is 7.13. The molecule has 0 bridgehead atoms. The van der Waals surface area contributed by atoms with E-state index in [9.17, 15) is 0 Å². The molecule has 4 nitrogen and oxygen atoms in total. The Labute approximate surface area is 119 Å². The molecule has 0 saturated heterocycles. The van der Waals surface area contributed by atoms with Crippen molar-refractivity contribution in [3.8, 4) is 0 Å². The minimum absolute atomic E-state index is 0.395. The smallest absolute Gasteiger partial charge is 0.131 e. The molecule has 0 fully saturated rings. The maximum atomic E-state index is 4.70. The Morgan fingerprint density at radius 2 is 2.15 bits per heavy atom. The summed E-state index contributed by atoms with van der Waals surface area (Å²) in [5.41, 5.74) is 3.60. The van der Waals surface area contributed by atoms with Gasteiger partial charge in [-0.15, -0.1) is 0 Å². The highest BCUT2D eigenvalue weighted by molar-refractivity contribution is 5.21. The quantitative estimate of drug-likeness (QED) is 0.858. The largest absolute Gasteiger partial charge is 0.293 e. The van der Waals surface area contributed by atoms with Gasteiger partial charge in [0.25, 0.3) is 0 Å². The molecule has 1 aliphatic heterocycles. The third-order valence-electron chi connectivity index (χ3n) is 3.66. The molecule has 3 rings (SSSR count). The van der Waals surface area contributed by atoms with Crippen molar-refractivity contribution in [2.24, 2.45) is 0 Å². The average molecular weight is 268 g/mol. The first kappa shape index (κ1) is 13.2. The number of nitrogens with zero attached hydrogens (tertiary/aromatic N) is 4. The second-order valence-electron chi connectivity index (χ2n) is 5.64. The molecule has 104 valence electrons. The molecule has 3 heterocycles. The number of hydrogen-bond acceptors (Lipinski definition) is 4. The van der Waals surface area contributed by atoms with E-state index in [4.69, 9.17) is 4.98 Å². The van der Waals surface area contributed by atoms with Crippen LogP contribution >= 0.6 is 0 Å². The summed E-state index contributed by atoms with van der Waals surface area (Å²) in [6.07, 6.45) is 4.86. The van der Waals surface area contributed by atoms with Crippen molar-refractivity contribution in [1.82, 2.24) is 19.9 Å². The van der Waals surface area contributed by atoms with Crippen LogP contribution < -0.4 is 0 Å². The highest BCUT2D eigenvalue weighted by Gasteiger charge is 2.19. The Balaban J connectivity index is 1.72. The van der Waals surface area contributed by atoms with Gasteiger partial charge in [0, 0.05) is 55.6 Å². The molecule has 2 aromatic heterocycles. The number of rotatable bonds is 3. The van der Waals surface area contributed by atoms with Gasteiger partial charge in [-0.3, -0.25) is 9.88 Å². The molecule has 20 heavy (non-hydrogen) atoms. The molecule has 2 aromatic rings. The van der Waals surface area contributed by atoms with Crippen LogP contribution in [-0.2, 0) is 19.5 Å². The minimum atomic E-state index is 0.395. The molecule has 0 N–H and O–H groups in total. The summed E-state index contributed by atoms with van der Waals surface area (Å²) in [5.74, 6) is 1.36. The van der Waals surface area contributed by atoms with E-state index in [-0.39, 0.29) is 0 Å². The zero-order valence-corrected chi connectivity index (χ0v) is 12.1. The zero-order chi connectivity index (χ0) is 13.9. The third-order valence-corrected chi connectivity index (χ3v) is 3.66. The topological polar surface area (TPSA) is 41.9 Å². The monoisotopic (exact) mass is 268 g/mol. The maximum absolute atomic E-state index is 4.70. The van der Waals surface area contributed by atoms with E-state index in [0.717, 1.165) is 37.6 Å². The summed E-state index contributed by atoms with van der Waals surface area (Å²) in [6, 6.07) is 6.07. The standard InChI is InChI=1S/C16H20N4/c1-12(2)16-18-9-13-10-20(8-6-15(13)19-16)11-14-5-3-4-7-17-14/h3-5,7,9,12H,6,8,10-11H2,1-2H3.